The Morgan fingerprint density at radius 2 is 1.89 bits per heavy atom. The van der Waals surface area contributed by atoms with Crippen LogP contribution in [0.2, 0.25) is 5.02 Å². The predicted octanol–water partition coefficient (Wildman–Crippen LogP) is 6.04. The van der Waals surface area contributed by atoms with Crippen LogP contribution in [0.3, 0.4) is 0 Å². The summed E-state index contributed by atoms with van der Waals surface area (Å²) in [6, 6.07) is 19.4. The van der Waals surface area contributed by atoms with Crippen molar-refractivity contribution in [2.45, 2.75) is 6.61 Å². The van der Waals surface area contributed by atoms with Crippen molar-refractivity contribution in [1.82, 2.24) is 0 Å². The molecule has 0 aliphatic heterocycles. The molecular formula is C22H15ClFNO2S. The summed E-state index contributed by atoms with van der Waals surface area (Å²) in [5.74, 6) is -0.504. The number of ether oxygens (including phenoxy) is 1. The van der Waals surface area contributed by atoms with Crippen molar-refractivity contribution in [3.63, 3.8) is 0 Å². The van der Waals surface area contributed by atoms with Gasteiger partial charge in [0.15, 0.2) is 0 Å². The monoisotopic (exact) mass is 411 g/mol. The van der Waals surface area contributed by atoms with Gasteiger partial charge in [0.05, 0.1) is 0 Å². The molecule has 0 radical (unpaired) electrons. The minimum absolute atomic E-state index is 0.294. The molecule has 0 spiro atoms. The SMILES string of the molecule is NC(=O)c1cccc(-c2cccc3cc(COc4cc(F)cc(Cl)c4)sc23)c1. The molecule has 0 saturated heterocycles. The molecule has 0 aliphatic rings. The number of thiophene rings is 1. The second kappa shape index (κ2) is 7.62. The minimum atomic E-state index is -0.456. The highest BCUT2D eigenvalue weighted by molar-refractivity contribution is 7.19. The number of rotatable bonds is 5. The largest absolute Gasteiger partial charge is 0.488 e. The van der Waals surface area contributed by atoms with Gasteiger partial charge in [0.1, 0.15) is 18.2 Å². The van der Waals surface area contributed by atoms with E-state index in [0.29, 0.717) is 22.9 Å². The molecule has 0 aliphatic carbocycles. The number of hydrogen-bond acceptors (Lipinski definition) is 3. The van der Waals surface area contributed by atoms with E-state index in [4.69, 9.17) is 22.1 Å². The Labute approximate surface area is 170 Å². The molecule has 3 aromatic carbocycles. The first-order chi connectivity index (χ1) is 13.5. The lowest BCUT2D eigenvalue weighted by atomic mass is 10.0. The van der Waals surface area contributed by atoms with E-state index >= 15 is 0 Å². The molecular weight excluding hydrogens is 397 g/mol. The van der Waals surface area contributed by atoms with Gasteiger partial charge in [-0.2, -0.15) is 0 Å². The summed E-state index contributed by atoms with van der Waals surface area (Å²) in [6.45, 7) is 0.305. The summed E-state index contributed by atoms with van der Waals surface area (Å²) >= 11 is 7.46. The van der Waals surface area contributed by atoms with Crippen molar-refractivity contribution in [2.75, 3.05) is 0 Å². The molecule has 2 N–H and O–H groups in total. The lowest BCUT2D eigenvalue weighted by molar-refractivity contribution is 0.100. The molecule has 0 saturated carbocycles. The zero-order valence-corrected chi connectivity index (χ0v) is 16.2. The molecule has 0 unspecified atom stereocenters. The Hall–Kier alpha value is -2.89. The fraction of sp³-hybridized carbons (Fsp3) is 0.0455. The van der Waals surface area contributed by atoms with E-state index in [1.54, 1.807) is 29.5 Å². The van der Waals surface area contributed by atoms with Crippen LogP contribution in [-0.4, -0.2) is 5.91 Å². The molecule has 0 fully saturated rings. The van der Waals surface area contributed by atoms with E-state index in [0.717, 1.165) is 26.1 Å². The van der Waals surface area contributed by atoms with Gasteiger partial charge in [0.25, 0.3) is 0 Å². The second-order valence-corrected chi connectivity index (χ2v) is 7.85. The van der Waals surface area contributed by atoms with Gasteiger partial charge in [-0.1, -0.05) is 41.9 Å². The molecule has 4 aromatic rings. The molecule has 3 nitrogen and oxygen atoms in total. The Morgan fingerprint density at radius 1 is 1.07 bits per heavy atom. The fourth-order valence-corrected chi connectivity index (χ4v) is 4.34. The number of nitrogens with two attached hydrogens (primary N) is 1. The van der Waals surface area contributed by atoms with Gasteiger partial charge in [-0.05, 0) is 46.8 Å². The van der Waals surface area contributed by atoms with Crippen molar-refractivity contribution in [3.8, 4) is 16.9 Å². The third kappa shape index (κ3) is 3.86. The molecule has 4 rings (SSSR count). The standard InChI is InChI=1S/C22H15ClFNO2S/c23-16-9-17(24)11-18(10-16)27-12-19-8-14-4-2-6-20(21(14)28-19)13-3-1-5-15(7-13)22(25)26/h1-11H,12H2,(H2,25,26). The third-order valence-corrected chi connectivity index (χ3v) is 5.65. The maximum Gasteiger partial charge on any atom is 0.248 e. The van der Waals surface area contributed by atoms with Crippen LogP contribution in [0.1, 0.15) is 15.2 Å². The number of carbonyl (C=O) groups excluding carboxylic acids is 1. The number of amides is 1. The molecule has 1 heterocycles. The quantitative estimate of drug-likeness (QED) is 0.435. The predicted molar refractivity (Wildman–Crippen MR) is 112 cm³/mol. The first-order valence-electron chi connectivity index (χ1n) is 8.50. The Bertz CT molecular complexity index is 1170. The van der Waals surface area contributed by atoms with Gasteiger partial charge >= 0.3 is 0 Å². The molecule has 1 amide bonds. The van der Waals surface area contributed by atoms with E-state index in [1.165, 1.54) is 12.1 Å². The van der Waals surface area contributed by atoms with Gasteiger partial charge in [0, 0.05) is 26.2 Å². The fourth-order valence-electron chi connectivity index (χ4n) is 3.02. The highest BCUT2D eigenvalue weighted by atomic mass is 35.5. The van der Waals surface area contributed by atoms with Gasteiger partial charge < -0.3 is 10.5 Å². The summed E-state index contributed by atoms with van der Waals surface area (Å²) in [7, 11) is 0. The van der Waals surface area contributed by atoms with Gasteiger partial charge in [-0.15, -0.1) is 11.3 Å². The van der Waals surface area contributed by atoms with E-state index in [9.17, 15) is 9.18 Å². The van der Waals surface area contributed by atoms with Gasteiger partial charge in [0.2, 0.25) is 5.91 Å². The summed E-state index contributed by atoms with van der Waals surface area (Å²) < 4.78 is 20.2. The highest BCUT2D eigenvalue weighted by Gasteiger charge is 2.11. The van der Waals surface area contributed by atoms with E-state index in [-0.39, 0.29) is 0 Å². The maximum absolute atomic E-state index is 13.5. The number of hydrogen-bond donors (Lipinski definition) is 1. The van der Waals surface area contributed by atoms with Crippen molar-refractivity contribution >= 4 is 38.9 Å². The van der Waals surface area contributed by atoms with Gasteiger partial charge in [-0.3, -0.25) is 4.79 Å². The second-order valence-electron chi connectivity index (χ2n) is 6.28. The van der Waals surface area contributed by atoms with Crippen molar-refractivity contribution in [3.05, 3.63) is 88.0 Å². The van der Waals surface area contributed by atoms with Crippen LogP contribution >= 0.6 is 22.9 Å². The van der Waals surface area contributed by atoms with Crippen molar-refractivity contribution < 1.29 is 13.9 Å². The molecule has 0 bridgehead atoms. The van der Waals surface area contributed by atoms with E-state index in [1.807, 2.05) is 36.4 Å². The van der Waals surface area contributed by atoms with Crippen LogP contribution in [0.15, 0.2) is 66.7 Å². The molecule has 1 aromatic heterocycles. The van der Waals surface area contributed by atoms with Crippen LogP contribution in [0, 0.1) is 5.82 Å². The summed E-state index contributed by atoms with van der Waals surface area (Å²) in [6.07, 6.45) is 0. The van der Waals surface area contributed by atoms with Crippen LogP contribution in [0.4, 0.5) is 4.39 Å². The Morgan fingerprint density at radius 3 is 2.68 bits per heavy atom. The molecule has 6 heteroatoms. The molecule has 28 heavy (non-hydrogen) atoms. The number of benzene rings is 3. The lowest BCUT2D eigenvalue weighted by Crippen LogP contribution is -2.10. The number of carbonyl (C=O) groups is 1. The summed E-state index contributed by atoms with van der Waals surface area (Å²) in [5.41, 5.74) is 7.82. The molecule has 0 atom stereocenters. The zero-order valence-electron chi connectivity index (χ0n) is 14.6. The van der Waals surface area contributed by atoms with Crippen LogP contribution in [-0.2, 0) is 6.61 Å². The maximum atomic E-state index is 13.5. The van der Waals surface area contributed by atoms with E-state index in [2.05, 4.69) is 0 Å². The number of fused-ring (bicyclic) bond motifs is 1. The minimum Gasteiger partial charge on any atom is -0.488 e. The first kappa shape index (κ1) is 18.5. The van der Waals surface area contributed by atoms with Crippen LogP contribution in [0.25, 0.3) is 21.2 Å². The Balaban J connectivity index is 1.65. The topological polar surface area (TPSA) is 52.3 Å². The highest BCUT2D eigenvalue weighted by Crippen LogP contribution is 2.35. The number of primary amides is 1. The van der Waals surface area contributed by atoms with Crippen LogP contribution in [0.5, 0.6) is 5.75 Å². The number of halogens is 2. The Kier molecular flexibility index (Phi) is 5.03. The average Bonchev–Trinajstić information content (AvgIpc) is 3.09. The zero-order chi connectivity index (χ0) is 19.7. The average molecular weight is 412 g/mol. The lowest BCUT2D eigenvalue weighted by Gasteiger charge is -2.05. The van der Waals surface area contributed by atoms with E-state index < -0.39 is 11.7 Å². The van der Waals surface area contributed by atoms with Gasteiger partial charge in [-0.25, -0.2) is 4.39 Å². The van der Waals surface area contributed by atoms with Crippen molar-refractivity contribution in [2.24, 2.45) is 5.73 Å². The first-order valence-corrected chi connectivity index (χ1v) is 9.69. The third-order valence-electron chi connectivity index (χ3n) is 4.27. The summed E-state index contributed by atoms with van der Waals surface area (Å²) in [4.78, 5) is 12.5. The normalized spacial score (nSPS) is 10.9. The van der Waals surface area contributed by atoms with Crippen molar-refractivity contribution in [1.29, 1.82) is 0 Å². The molecule has 140 valence electrons. The summed E-state index contributed by atoms with van der Waals surface area (Å²) in [5, 5.41) is 1.37. The smallest absolute Gasteiger partial charge is 0.248 e. The van der Waals surface area contributed by atoms with Crippen LogP contribution < -0.4 is 10.5 Å².